The molecule has 0 spiro atoms. The molecule has 2 heterocycles. The first-order valence-electron chi connectivity index (χ1n) is 6.36. The van der Waals surface area contributed by atoms with E-state index in [4.69, 9.17) is 0 Å². The van der Waals surface area contributed by atoms with Crippen molar-refractivity contribution in [3.05, 3.63) is 54.4 Å². The quantitative estimate of drug-likeness (QED) is 0.588. The lowest BCUT2D eigenvalue weighted by Gasteiger charge is -2.01. The molecule has 6 nitrogen and oxygen atoms in total. The molecule has 1 aromatic carbocycles. The number of hydrogen-bond acceptors (Lipinski definition) is 5. The number of para-hydroxylation sites is 2. The monoisotopic (exact) mass is 276 g/mol. The minimum atomic E-state index is 0.211. The van der Waals surface area contributed by atoms with Crippen molar-refractivity contribution >= 4 is 22.7 Å². The fourth-order valence-electron chi connectivity index (χ4n) is 1.99. The average molecular weight is 276 g/mol. The molecule has 6 heteroatoms. The van der Waals surface area contributed by atoms with Crippen molar-refractivity contribution in [2.24, 2.45) is 12.1 Å². The van der Waals surface area contributed by atoms with E-state index in [0.717, 1.165) is 11.0 Å². The molecule has 0 aliphatic rings. The number of pyridine rings is 1. The predicted molar refractivity (Wildman–Crippen MR) is 80.7 cm³/mol. The van der Waals surface area contributed by atoms with Gasteiger partial charge in [0.2, 0.25) is 5.95 Å². The van der Waals surface area contributed by atoms with E-state index >= 15 is 0 Å². The van der Waals surface area contributed by atoms with Crippen molar-refractivity contribution in [1.82, 2.24) is 14.5 Å². The number of aromatic nitrogens is 3. The number of benzene rings is 1. The summed E-state index contributed by atoms with van der Waals surface area (Å²) in [5.41, 5.74) is 5.42. The fourth-order valence-corrected chi connectivity index (χ4v) is 1.99. The molecule has 102 valence electrons. The molecule has 0 atom stereocenters. The number of fused-ring (bicyclic) bond motifs is 1. The largest absolute Gasteiger partial charge is 0.312 e. The van der Waals surface area contributed by atoms with E-state index in [1.54, 1.807) is 18.3 Å². The minimum absolute atomic E-state index is 0.211. The summed E-state index contributed by atoms with van der Waals surface area (Å²) < 4.78 is 1.88. The first kappa shape index (κ1) is 12.8. The maximum absolute atomic E-state index is 9.18. The van der Waals surface area contributed by atoms with Gasteiger partial charge < -0.3 is 4.57 Å². The maximum Gasteiger partial charge on any atom is 0.224 e. The smallest absolute Gasteiger partial charge is 0.224 e. The molecule has 3 rings (SSSR count). The zero-order valence-electron chi connectivity index (χ0n) is 11.4. The molecule has 0 aliphatic carbocycles. The van der Waals surface area contributed by atoms with E-state index < -0.39 is 0 Å². The van der Waals surface area contributed by atoms with Gasteiger partial charge in [0.1, 0.15) is 11.8 Å². The number of anilines is 1. The summed E-state index contributed by atoms with van der Waals surface area (Å²) in [5, 5.41) is 13.3. The fraction of sp³-hybridized carbons (Fsp3) is 0.0667. The molecule has 0 bridgehead atoms. The van der Waals surface area contributed by atoms with Crippen LogP contribution in [0, 0.1) is 11.3 Å². The van der Waals surface area contributed by atoms with E-state index in [1.807, 2.05) is 48.0 Å². The Labute approximate surface area is 121 Å². The average Bonchev–Trinajstić information content (AvgIpc) is 2.86. The molecule has 0 fully saturated rings. The highest BCUT2D eigenvalue weighted by Gasteiger charge is 2.07. The molecule has 1 N–H and O–H groups in total. The van der Waals surface area contributed by atoms with Crippen LogP contribution in [-0.2, 0) is 7.05 Å². The van der Waals surface area contributed by atoms with Gasteiger partial charge in [-0.25, -0.2) is 10.4 Å². The van der Waals surface area contributed by atoms with Crippen molar-refractivity contribution in [2.45, 2.75) is 0 Å². The van der Waals surface area contributed by atoms with Crippen molar-refractivity contribution in [1.29, 1.82) is 5.26 Å². The number of aryl methyl sites for hydroxylation is 1. The molecule has 0 amide bonds. The van der Waals surface area contributed by atoms with Gasteiger partial charge in [0.05, 0.1) is 11.0 Å². The summed E-state index contributed by atoms with van der Waals surface area (Å²) >= 11 is 0. The molecular formula is C15H12N6. The number of hydrogen-bond donors (Lipinski definition) is 1. The first-order valence-corrected chi connectivity index (χ1v) is 6.36. The van der Waals surface area contributed by atoms with E-state index in [2.05, 4.69) is 20.5 Å². The van der Waals surface area contributed by atoms with Gasteiger partial charge in [-0.1, -0.05) is 18.2 Å². The van der Waals surface area contributed by atoms with Gasteiger partial charge in [0.15, 0.2) is 5.71 Å². The van der Waals surface area contributed by atoms with Crippen LogP contribution in [0.4, 0.5) is 5.95 Å². The Morgan fingerprint density at radius 1 is 1.24 bits per heavy atom. The third kappa shape index (κ3) is 2.44. The highest BCUT2D eigenvalue weighted by Crippen LogP contribution is 2.17. The molecule has 3 aromatic rings. The second-order valence-electron chi connectivity index (χ2n) is 4.38. The molecule has 0 aliphatic heterocycles. The van der Waals surface area contributed by atoms with Crippen LogP contribution >= 0.6 is 0 Å². The normalized spacial score (nSPS) is 11.3. The van der Waals surface area contributed by atoms with E-state index in [9.17, 15) is 5.26 Å². The standard InChI is InChI=1S/C15H12N6/c1-21-14-8-3-2-7-12(14)18-15(21)20-19-13(10-16)11-6-4-5-9-17-11/h2-9H,1H3,(H,18,20)/b19-13+. The van der Waals surface area contributed by atoms with Crippen LogP contribution in [0.25, 0.3) is 11.0 Å². The molecule has 2 aromatic heterocycles. The van der Waals surface area contributed by atoms with Crippen LogP contribution in [0.5, 0.6) is 0 Å². The number of nitrogens with zero attached hydrogens (tertiary/aromatic N) is 5. The van der Waals surface area contributed by atoms with Gasteiger partial charge in [-0.3, -0.25) is 4.98 Å². The highest BCUT2D eigenvalue weighted by molar-refractivity contribution is 6.10. The minimum Gasteiger partial charge on any atom is -0.312 e. The molecule has 21 heavy (non-hydrogen) atoms. The Morgan fingerprint density at radius 3 is 2.76 bits per heavy atom. The maximum atomic E-state index is 9.18. The lowest BCUT2D eigenvalue weighted by molar-refractivity contribution is 0.942. The number of hydrazone groups is 1. The second kappa shape index (κ2) is 5.43. The van der Waals surface area contributed by atoms with Crippen LogP contribution < -0.4 is 5.43 Å². The molecule has 0 unspecified atom stereocenters. The summed E-state index contributed by atoms with van der Waals surface area (Å²) in [6, 6.07) is 15.1. The van der Waals surface area contributed by atoms with Crippen molar-refractivity contribution in [3.63, 3.8) is 0 Å². The summed E-state index contributed by atoms with van der Waals surface area (Å²) in [7, 11) is 1.89. The molecule has 0 saturated carbocycles. The Hall–Kier alpha value is -3.20. The van der Waals surface area contributed by atoms with Crippen molar-refractivity contribution in [2.75, 3.05) is 5.43 Å². The summed E-state index contributed by atoms with van der Waals surface area (Å²) in [4.78, 5) is 8.53. The van der Waals surface area contributed by atoms with Gasteiger partial charge in [-0.05, 0) is 24.3 Å². The summed E-state index contributed by atoms with van der Waals surface area (Å²) in [5.74, 6) is 0.569. The lowest BCUT2D eigenvalue weighted by atomic mass is 10.2. The molecule has 0 saturated heterocycles. The Morgan fingerprint density at radius 2 is 2.05 bits per heavy atom. The SMILES string of the molecule is Cn1c(N/N=C(\C#N)c2ccccn2)nc2ccccc21. The van der Waals surface area contributed by atoms with Crippen LogP contribution in [0.1, 0.15) is 5.69 Å². The third-order valence-corrected chi connectivity index (χ3v) is 3.07. The van der Waals surface area contributed by atoms with E-state index in [1.165, 1.54) is 0 Å². The third-order valence-electron chi connectivity index (χ3n) is 3.07. The topological polar surface area (TPSA) is 78.9 Å². The number of rotatable bonds is 3. The van der Waals surface area contributed by atoms with E-state index in [0.29, 0.717) is 11.6 Å². The van der Waals surface area contributed by atoms with E-state index in [-0.39, 0.29) is 5.71 Å². The van der Waals surface area contributed by atoms with Gasteiger partial charge in [0.25, 0.3) is 0 Å². The first-order chi connectivity index (χ1) is 10.3. The number of nitrogens with one attached hydrogen (secondary N) is 1. The number of imidazole rings is 1. The zero-order chi connectivity index (χ0) is 14.7. The summed E-state index contributed by atoms with van der Waals surface area (Å²) in [6.45, 7) is 0. The van der Waals surface area contributed by atoms with Gasteiger partial charge in [0, 0.05) is 13.2 Å². The lowest BCUT2D eigenvalue weighted by Crippen LogP contribution is -2.06. The number of nitriles is 1. The highest BCUT2D eigenvalue weighted by atomic mass is 15.4. The molecule has 0 radical (unpaired) electrons. The van der Waals surface area contributed by atoms with Crippen LogP contribution in [0.15, 0.2) is 53.8 Å². The summed E-state index contributed by atoms with van der Waals surface area (Å²) in [6.07, 6.45) is 1.62. The molecular weight excluding hydrogens is 264 g/mol. The zero-order valence-corrected chi connectivity index (χ0v) is 11.4. The van der Waals surface area contributed by atoms with Gasteiger partial charge in [-0.15, -0.1) is 0 Å². The predicted octanol–water partition coefficient (Wildman–Crippen LogP) is 2.31. The van der Waals surface area contributed by atoms with Crippen molar-refractivity contribution in [3.8, 4) is 6.07 Å². The van der Waals surface area contributed by atoms with Crippen LogP contribution in [0.2, 0.25) is 0 Å². The van der Waals surface area contributed by atoms with Gasteiger partial charge >= 0.3 is 0 Å². The van der Waals surface area contributed by atoms with Crippen LogP contribution in [-0.4, -0.2) is 20.2 Å². The Bertz CT molecular complexity index is 841. The Kier molecular flexibility index (Phi) is 3.31. The second-order valence-corrected chi connectivity index (χ2v) is 4.38. The van der Waals surface area contributed by atoms with Gasteiger partial charge in [-0.2, -0.15) is 10.4 Å². The Balaban J connectivity index is 1.93. The van der Waals surface area contributed by atoms with Crippen LogP contribution in [0.3, 0.4) is 0 Å². The van der Waals surface area contributed by atoms with Crippen molar-refractivity contribution < 1.29 is 0 Å².